The second kappa shape index (κ2) is 6.74. The Balaban J connectivity index is 1.72. The van der Waals surface area contributed by atoms with Gasteiger partial charge in [0.15, 0.2) is 0 Å². The predicted molar refractivity (Wildman–Crippen MR) is 82.1 cm³/mol. The van der Waals surface area contributed by atoms with Crippen LogP contribution < -0.4 is 9.64 Å². The van der Waals surface area contributed by atoms with Gasteiger partial charge in [-0.15, -0.1) is 0 Å². The Morgan fingerprint density at radius 2 is 2.32 bits per heavy atom. The molecule has 0 spiro atoms. The molecule has 0 unspecified atom stereocenters. The average Bonchev–Trinajstić information content (AvgIpc) is 3.04. The van der Waals surface area contributed by atoms with Crippen molar-refractivity contribution in [1.29, 1.82) is 0 Å². The molecule has 1 N–H and O–H groups in total. The van der Waals surface area contributed by atoms with E-state index in [0.717, 1.165) is 31.6 Å². The van der Waals surface area contributed by atoms with E-state index in [1.165, 1.54) is 0 Å². The Morgan fingerprint density at radius 3 is 3.14 bits per heavy atom. The molecule has 1 aliphatic rings. The van der Waals surface area contributed by atoms with E-state index in [9.17, 15) is 0 Å². The molecule has 3 rings (SSSR count). The number of ether oxygens (including phenoxy) is 1. The summed E-state index contributed by atoms with van der Waals surface area (Å²) in [5.74, 6) is 1.65. The molecule has 7 heteroatoms. The van der Waals surface area contributed by atoms with Gasteiger partial charge in [-0.05, 0) is 18.9 Å². The zero-order valence-electron chi connectivity index (χ0n) is 12.7. The molecule has 0 amide bonds. The summed E-state index contributed by atoms with van der Waals surface area (Å²) in [5, 5.41) is 13.5. The highest BCUT2D eigenvalue weighted by atomic mass is 16.5. The molecule has 118 valence electrons. The number of piperidine rings is 1. The molecule has 0 aromatic carbocycles. The molecule has 0 bridgehead atoms. The lowest BCUT2D eigenvalue weighted by Gasteiger charge is -2.32. The predicted octanol–water partition coefficient (Wildman–Crippen LogP) is 1.06. The van der Waals surface area contributed by atoms with Crippen LogP contribution in [0.3, 0.4) is 0 Å². The van der Waals surface area contributed by atoms with Gasteiger partial charge in [0.2, 0.25) is 11.8 Å². The highest BCUT2D eigenvalue weighted by Crippen LogP contribution is 2.28. The van der Waals surface area contributed by atoms with Crippen LogP contribution in [0.5, 0.6) is 5.88 Å². The van der Waals surface area contributed by atoms with Crippen LogP contribution in [-0.4, -0.2) is 51.7 Å². The Kier molecular flexibility index (Phi) is 4.53. The van der Waals surface area contributed by atoms with Gasteiger partial charge in [0.25, 0.3) is 0 Å². The Labute approximate surface area is 129 Å². The number of hydrogen-bond donors (Lipinski definition) is 1. The molecule has 7 nitrogen and oxygen atoms in total. The first-order chi connectivity index (χ1) is 10.8. The average molecular weight is 303 g/mol. The lowest BCUT2D eigenvalue weighted by Crippen LogP contribution is -2.35. The first-order valence-electron chi connectivity index (χ1n) is 7.56. The van der Waals surface area contributed by atoms with Crippen LogP contribution in [0.4, 0.5) is 5.95 Å². The van der Waals surface area contributed by atoms with Gasteiger partial charge in [0.1, 0.15) is 0 Å². The van der Waals surface area contributed by atoms with Crippen LogP contribution in [0.1, 0.15) is 24.5 Å². The van der Waals surface area contributed by atoms with Gasteiger partial charge >= 0.3 is 0 Å². The van der Waals surface area contributed by atoms with Crippen molar-refractivity contribution in [3.8, 4) is 5.88 Å². The van der Waals surface area contributed by atoms with Gasteiger partial charge in [0.05, 0.1) is 26.0 Å². The largest absolute Gasteiger partial charge is 0.481 e. The monoisotopic (exact) mass is 303 g/mol. The van der Waals surface area contributed by atoms with Gasteiger partial charge in [-0.3, -0.25) is 4.68 Å². The molecule has 2 aromatic rings. The van der Waals surface area contributed by atoms with E-state index in [2.05, 4.69) is 20.0 Å². The Morgan fingerprint density at radius 1 is 1.41 bits per heavy atom. The first kappa shape index (κ1) is 14.8. The quantitative estimate of drug-likeness (QED) is 0.890. The molecule has 1 aliphatic heterocycles. The molecule has 3 heterocycles. The minimum Gasteiger partial charge on any atom is -0.481 e. The summed E-state index contributed by atoms with van der Waals surface area (Å²) >= 11 is 0. The summed E-state index contributed by atoms with van der Waals surface area (Å²) in [6.07, 6.45) is 5.84. The number of methoxy groups -OCH3 is 1. The molecule has 0 saturated carbocycles. The van der Waals surface area contributed by atoms with Crippen LogP contribution in [0, 0.1) is 0 Å². The summed E-state index contributed by atoms with van der Waals surface area (Å²) < 4.78 is 6.96. The van der Waals surface area contributed by atoms with Crippen molar-refractivity contribution < 1.29 is 9.84 Å². The Hall–Kier alpha value is -2.15. The number of hydrogen-bond acceptors (Lipinski definition) is 6. The third-order valence-corrected chi connectivity index (χ3v) is 3.94. The van der Waals surface area contributed by atoms with E-state index in [1.807, 2.05) is 12.3 Å². The van der Waals surface area contributed by atoms with Gasteiger partial charge < -0.3 is 14.7 Å². The third-order valence-electron chi connectivity index (χ3n) is 3.94. The Bertz CT molecular complexity index is 615. The van der Waals surface area contributed by atoms with Crippen molar-refractivity contribution in [2.75, 3.05) is 31.7 Å². The highest BCUT2D eigenvalue weighted by molar-refractivity contribution is 5.34. The zero-order valence-corrected chi connectivity index (χ0v) is 12.7. The molecule has 2 aromatic heterocycles. The van der Waals surface area contributed by atoms with Crippen molar-refractivity contribution in [2.24, 2.45) is 0 Å². The van der Waals surface area contributed by atoms with Crippen LogP contribution in [-0.2, 0) is 6.54 Å². The van der Waals surface area contributed by atoms with E-state index in [-0.39, 0.29) is 6.61 Å². The number of aliphatic hydroxyl groups is 1. The minimum absolute atomic E-state index is 0.107. The fourth-order valence-corrected chi connectivity index (χ4v) is 2.82. The van der Waals surface area contributed by atoms with Crippen molar-refractivity contribution in [3.63, 3.8) is 0 Å². The second-order valence-electron chi connectivity index (χ2n) is 5.41. The standard InChI is InChI=1S/C15H21N5O2/c1-22-14-4-6-16-15(17-14)19-7-2-3-12(11-19)13-5-8-20(18-13)9-10-21/h4-6,8,12,21H,2-3,7,9-11H2,1H3/t12-/m1/s1. The third kappa shape index (κ3) is 3.19. The summed E-state index contributed by atoms with van der Waals surface area (Å²) in [4.78, 5) is 10.9. The highest BCUT2D eigenvalue weighted by Gasteiger charge is 2.24. The number of aromatic nitrogens is 4. The number of nitrogens with zero attached hydrogens (tertiary/aromatic N) is 5. The normalized spacial score (nSPS) is 18.5. The minimum atomic E-state index is 0.107. The van der Waals surface area contributed by atoms with Crippen molar-refractivity contribution >= 4 is 5.95 Å². The number of aliphatic hydroxyl groups excluding tert-OH is 1. The van der Waals surface area contributed by atoms with E-state index in [1.54, 1.807) is 24.1 Å². The molecule has 0 radical (unpaired) electrons. The molecule has 0 aliphatic carbocycles. The van der Waals surface area contributed by atoms with E-state index < -0.39 is 0 Å². The zero-order chi connectivity index (χ0) is 15.4. The first-order valence-corrected chi connectivity index (χ1v) is 7.56. The summed E-state index contributed by atoms with van der Waals surface area (Å²) in [5.41, 5.74) is 1.07. The van der Waals surface area contributed by atoms with Crippen molar-refractivity contribution in [1.82, 2.24) is 19.7 Å². The lowest BCUT2D eigenvalue weighted by atomic mass is 9.95. The van der Waals surface area contributed by atoms with Gasteiger partial charge in [0, 0.05) is 37.5 Å². The van der Waals surface area contributed by atoms with Crippen LogP contribution in [0.15, 0.2) is 24.5 Å². The molecule has 1 fully saturated rings. The maximum absolute atomic E-state index is 8.98. The van der Waals surface area contributed by atoms with Crippen molar-refractivity contribution in [2.45, 2.75) is 25.3 Å². The van der Waals surface area contributed by atoms with E-state index >= 15 is 0 Å². The topological polar surface area (TPSA) is 76.3 Å². The van der Waals surface area contributed by atoms with Gasteiger partial charge in [-0.2, -0.15) is 10.1 Å². The van der Waals surface area contributed by atoms with Crippen LogP contribution in [0.2, 0.25) is 0 Å². The van der Waals surface area contributed by atoms with Crippen molar-refractivity contribution in [3.05, 3.63) is 30.2 Å². The maximum Gasteiger partial charge on any atom is 0.228 e. The van der Waals surface area contributed by atoms with Gasteiger partial charge in [-0.1, -0.05) is 0 Å². The maximum atomic E-state index is 8.98. The molecule has 1 atom stereocenters. The summed E-state index contributed by atoms with van der Waals surface area (Å²) in [6.45, 7) is 2.44. The summed E-state index contributed by atoms with van der Waals surface area (Å²) in [7, 11) is 1.61. The SMILES string of the molecule is COc1ccnc(N2CCC[C@@H](c3ccn(CCO)n3)C2)n1. The molecular formula is C15H21N5O2. The number of anilines is 1. The molecular weight excluding hydrogens is 282 g/mol. The molecule has 1 saturated heterocycles. The smallest absolute Gasteiger partial charge is 0.228 e. The van der Waals surface area contributed by atoms with E-state index in [4.69, 9.17) is 9.84 Å². The van der Waals surface area contributed by atoms with Gasteiger partial charge in [-0.25, -0.2) is 4.98 Å². The summed E-state index contributed by atoms with van der Waals surface area (Å²) in [6, 6.07) is 3.79. The fourth-order valence-electron chi connectivity index (χ4n) is 2.82. The fraction of sp³-hybridized carbons (Fsp3) is 0.533. The van der Waals surface area contributed by atoms with Crippen LogP contribution >= 0.6 is 0 Å². The lowest BCUT2D eigenvalue weighted by molar-refractivity contribution is 0.268. The number of rotatable bonds is 5. The van der Waals surface area contributed by atoms with E-state index in [0.29, 0.717) is 24.3 Å². The molecule has 22 heavy (non-hydrogen) atoms. The second-order valence-corrected chi connectivity index (χ2v) is 5.41. The van der Waals surface area contributed by atoms with Crippen LogP contribution in [0.25, 0.3) is 0 Å².